The van der Waals surface area contributed by atoms with Crippen LogP contribution in [0.4, 0.5) is 4.79 Å². The third kappa shape index (κ3) is 12.3. The third-order valence-corrected chi connectivity index (χ3v) is 11.0. The van der Waals surface area contributed by atoms with Crippen LogP contribution in [0.15, 0.2) is 138 Å². The number of fused-ring (bicyclic) bond motifs is 1. The van der Waals surface area contributed by atoms with Crippen LogP contribution < -0.4 is 21.7 Å². The van der Waals surface area contributed by atoms with Crippen LogP contribution in [0.5, 0.6) is 0 Å². The van der Waals surface area contributed by atoms with Gasteiger partial charge in [-0.15, -0.1) is 0 Å². The van der Waals surface area contributed by atoms with Gasteiger partial charge in [0, 0.05) is 31.0 Å². The lowest BCUT2D eigenvalue weighted by Gasteiger charge is -2.29. The molecule has 1 aliphatic rings. The predicted octanol–water partition coefficient (Wildman–Crippen LogP) is 6.49. The Morgan fingerprint density at radius 2 is 1.41 bits per heavy atom. The molecule has 7 rings (SSSR count). The fraction of sp³-hybridized carbons (Fsp3) is 0.250. The van der Waals surface area contributed by atoms with Crippen LogP contribution in [-0.4, -0.2) is 70.3 Å². The van der Waals surface area contributed by atoms with E-state index in [2.05, 4.69) is 20.9 Å². The number of nitrogens with one attached hydrogen (secondary N) is 4. The number of ether oxygens (including phenoxy) is 2. The molecule has 1 fully saturated rings. The number of nitrogens with zero attached hydrogens (tertiary/aromatic N) is 2. The van der Waals surface area contributed by atoms with E-state index in [9.17, 15) is 19.2 Å². The molecular formula is C48H48ClN7O7. The Hall–Kier alpha value is -7.03. The van der Waals surface area contributed by atoms with Crippen LogP contribution in [0.1, 0.15) is 51.3 Å². The molecule has 324 valence electrons. The summed E-state index contributed by atoms with van der Waals surface area (Å²) < 4.78 is 17.7. The molecule has 0 bridgehead atoms. The molecule has 0 radical (unpaired) electrons. The van der Waals surface area contributed by atoms with Gasteiger partial charge in [0.05, 0.1) is 12.7 Å². The second-order valence-electron chi connectivity index (χ2n) is 15.3. The Morgan fingerprint density at radius 3 is 2.11 bits per heavy atom. The number of aryl methyl sites for hydroxylation is 1. The summed E-state index contributed by atoms with van der Waals surface area (Å²) in [6, 6.07) is 36.9. The molecule has 0 unspecified atom stereocenters. The number of Topliss-reactive ketones (excluding diaryl/α,β-unsaturated/α-hetero) is 1. The number of amides is 3. The second kappa shape index (κ2) is 21.2. The lowest BCUT2D eigenvalue weighted by Crippen LogP contribution is -2.55. The Balaban J connectivity index is 1.15. The summed E-state index contributed by atoms with van der Waals surface area (Å²) in [4.78, 5) is 62.9. The molecule has 4 atom stereocenters. The van der Waals surface area contributed by atoms with E-state index < -0.39 is 47.9 Å². The Morgan fingerprint density at radius 1 is 0.778 bits per heavy atom. The molecular weight excluding hydrogens is 822 g/mol. The molecule has 5 aromatic carbocycles. The SMILES string of the molecule is N=C(N)NCc1ccc(C[C@H](NC(=O)[C@@H]2C[C@@H](OCc3ccc(Cl)cc3)CN2C(=O)[C@@H](CCc2ccccc2)NC(=O)OCc2ccccc2)C(=O)c2nc3ccccc3o2)cc1. The predicted molar refractivity (Wildman–Crippen MR) is 238 cm³/mol. The van der Waals surface area contributed by atoms with Gasteiger partial charge >= 0.3 is 6.09 Å². The van der Waals surface area contributed by atoms with Gasteiger partial charge in [-0.05, 0) is 64.9 Å². The van der Waals surface area contributed by atoms with Crippen LogP contribution in [0.3, 0.4) is 0 Å². The van der Waals surface area contributed by atoms with E-state index in [-0.39, 0.29) is 50.9 Å². The number of alkyl carbamates (subject to hydrolysis) is 1. The maximum absolute atomic E-state index is 14.8. The van der Waals surface area contributed by atoms with E-state index in [4.69, 9.17) is 36.6 Å². The van der Waals surface area contributed by atoms with Crippen molar-refractivity contribution in [2.45, 2.75) is 69.7 Å². The van der Waals surface area contributed by atoms with Crippen LogP contribution in [0.25, 0.3) is 11.1 Å². The molecule has 1 saturated heterocycles. The van der Waals surface area contributed by atoms with Gasteiger partial charge in [0.15, 0.2) is 11.5 Å². The average molecular weight is 870 g/mol. The van der Waals surface area contributed by atoms with Crippen molar-refractivity contribution >= 4 is 52.4 Å². The number of ketones is 1. The van der Waals surface area contributed by atoms with E-state index in [0.717, 1.165) is 27.8 Å². The Bertz CT molecular complexity index is 2470. The molecule has 2 heterocycles. The summed E-state index contributed by atoms with van der Waals surface area (Å²) in [6.07, 6.45) is -0.536. The Labute approximate surface area is 369 Å². The number of para-hydroxylation sites is 2. The highest BCUT2D eigenvalue weighted by Gasteiger charge is 2.44. The number of likely N-dealkylation sites (tertiary alicyclic amines) is 1. The van der Waals surface area contributed by atoms with E-state index in [1.807, 2.05) is 97.1 Å². The number of benzene rings is 5. The van der Waals surface area contributed by atoms with Gasteiger partial charge in [-0.3, -0.25) is 19.8 Å². The van der Waals surface area contributed by atoms with E-state index >= 15 is 0 Å². The van der Waals surface area contributed by atoms with Crippen LogP contribution in [-0.2, 0) is 51.7 Å². The molecule has 6 N–H and O–H groups in total. The summed E-state index contributed by atoms with van der Waals surface area (Å²) in [5.74, 6) is -1.99. The van der Waals surface area contributed by atoms with Gasteiger partial charge in [0.25, 0.3) is 5.89 Å². The van der Waals surface area contributed by atoms with Crippen LogP contribution in [0, 0.1) is 5.41 Å². The minimum absolute atomic E-state index is 0.00480. The van der Waals surface area contributed by atoms with Crippen molar-refractivity contribution in [3.63, 3.8) is 0 Å². The molecule has 6 aromatic rings. The number of halogens is 1. The van der Waals surface area contributed by atoms with Crippen molar-refractivity contribution in [2.75, 3.05) is 6.54 Å². The summed E-state index contributed by atoms with van der Waals surface area (Å²) >= 11 is 6.12. The third-order valence-electron chi connectivity index (χ3n) is 10.7. The standard InChI is InChI=1S/C48H48ClN7O7/c49-36-22-19-35(20-23-36)29-61-37-26-41(56(28-37)46(59)39(24-21-31-9-3-1-4-10-31)55-48(60)62-30-34-11-5-2-6-12-34)44(58)53-40(25-32-15-17-33(18-16-32)27-52-47(50)51)43(57)45-54-38-13-7-8-14-42(38)63-45/h1-20,22-23,37,39-41H,21,24-30H2,(H,53,58)(H,55,60)(H4,50,51,52)/t37-,39-,40+,41+/m1/s1. The number of rotatable bonds is 18. The minimum atomic E-state index is -1.15. The molecule has 1 aliphatic heterocycles. The van der Waals surface area contributed by atoms with Crippen LogP contribution in [0.2, 0.25) is 5.02 Å². The van der Waals surface area contributed by atoms with Gasteiger partial charge in [-0.2, -0.15) is 0 Å². The normalized spacial score (nSPS) is 15.6. The average Bonchev–Trinajstić information content (AvgIpc) is 3.95. The largest absolute Gasteiger partial charge is 0.445 e. The first kappa shape index (κ1) is 44.0. The number of hydrogen-bond donors (Lipinski definition) is 5. The number of aromatic nitrogens is 1. The molecule has 63 heavy (non-hydrogen) atoms. The second-order valence-corrected chi connectivity index (χ2v) is 15.7. The lowest BCUT2D eigenvalue weighted by atomic mass is 10.00. The van der Waals surface area contributed by atoms with Gasteiger partial charge < -0.3 is 40.5 Å². The lowest BCUT2D eigenvalue weighted by molar-refractivity contribution is -0.140. The van der Waals surface area contributed by atoms with Crippen molar-refractivity contribution in [1.82, 2.24) is 25.8 Å². The summed E-state index contributed by atoms with van der Waals surface area (Å²) in [7, 11) is 0. The minimum Gasteiger partial charge on any atom is -0.445 e. The maximum Gasteiger partial charge on any atom is 0.408 e. The van der Waals surface area contributed by atoms with Crippen LogP contribution >= 0.6 is 11.6 Å². The van der Waals surface area contributed by atoms with Crippen molar-refractivity contribution in [1.29, 1.82) is 5.41 Å². The van der Waals surface area contributed by atoms with Gasteiger partial charge in [0.1, 0.15) is 30.2 Å². The summed E-state index contributed by atoms with van der Waals surface area (Å²) in [6.45, 7) is 0.550. The quantitative estimate of drug-likeness (QED) is 0.0361. The number of carbonyl (C=O) groups is 4. The zero-order valence-electron chi connectivity index (χ0n) is 34.4. The van der Waals surface area contributed by atoms with Gasteiger partial charge in [0.2, 0.25) is 17.6 Å². The molecule has 0 saturated carbocycles. The fourth-order valence-corrected chi connectivity index (χ4v) is 7.48. The summed E-state index contributed by atoms with van der Waals surface area (Å²) in [5, 5.41) is 16.5. The molecule has 15 heteroatoms. The first-order valence-corrected chi connectivity index (χ1v) is 21.0. The highest BCUT2D eigenvalue weighted by atomic mass is 35.5. The maximum atomic E-state index is 14.8. The smallest absolute Gasteiger partial charge is 0.408 e. The first-order chi connectivity index (χ1) is 30.6. The molecule has 14 nitrogen and oxygen atoms in total. The summed E-state index contributed by atoms with van der Waals surface area (Å²) in [5.41, 5.74) is 10.5. The van der Waals surface area contributed by atoms with Crippen molar-refractivity contribution in [3.8, 4) is 0 Å². The molecule has 3 amide bonds. The number of guanidine groups is 1. The monoisotopic (exact) mass is 869 g/mol. The van der Waals surface area contributed by atoms with Crippen molar-refractivity contribution in [2.24, 2.45) is 5.73 Å². The Kier molecular flexibility index (Phi) is 14.8. The zero-order valence-corrected chi connectivity index (χ0v) is 35.1. The topological polar surface area (TPSA) is 202 Å². The van der Waals surface area contributed by atoms with Gasteiger partial charge in [-0.25, -0.2) is 9.78 Å². The van der Waals surface area contributed by atoms with Crippen molar-refractivity contribution in [3.05, 3.63) is 172 Å². The zero-order chi connectivity index (χ0) is 44.1. The number of oxazole rings is 1. The molecule has 1 aromatic heterocycles. The number of carbonyl (C=O) groups excluding carboxylic acids is 4. The highest BCUT2D eigenvalue weighted by Crippen LogP contribution is 2.26. The molecule has 0 spiro atoms. The number of hydrogen-bond acceptors (Lipinski definition) is 9. The van der Waals surface area contributed by atoms with Gasteiger partial charge in [-0.1, -0.05) is 121 Å². The molecule has 0 aliphatic carbocycles. The van der Waals surface area contributed by atoms with E-state index in [1.54, 1.807) is 36.4 Å². The first-order valence-electron chi connectivity index (χ1n) is 20.6. The highest BCUT2D eigenvalue weighted by molar-refractivity contribution is 6.30. The van der Waals surface area contributed by atoms with E-state index in [1.165, 1.54) is 4.90 Å². The fourth-order valence-electron chi connectivity index (χ4n) is 7.36. The van der Waals surface area contributed by atoms with Crippen molar-refractivity contribution < 1.29 is 33.1 Å². The number of nitrogens with two attached hydrogens (primary N) is 1. The van der Waals surface area contributed by atoms with E-state index in [0.29, 0.717) is 29.1 Å².